The molecule has 2 rings (SSSR count). The van der Waals surface area contributed by atoms with E-state index in [0.717, 1.165) is 11.8 Å². The van der Waals surface area contributed by atoms with Crippen LogP contribution < -0.4 is 11.0 Å². The van der Waals surface area contributed by atoms with Crippen LogP contribution in [0.5, 0.6) is 0 Å². The van der Waals surface area contributed by atoms with Gasteiger partial charge in [0.05, 0.1) is 0 Å². The summed E-state index contributed by atoms with van der Waals surface area (Å²) in [4.78, 5) is 23.8. The number of halogens is 1. The number of aryl methyl sites for hydroxylation is 2. The molecular weight excluding hydrogens is 375 g/mol. The summed E-state index contributed by atoms with van der Waals surface area (Å²) in [7, 11) is 0. The van der Waals surface area contributed by atoms with Crippen LogP contribution in [0.2, 0.25) is 0 Å². The first-order valence-corrected chi connectivity index (χ1v) is 8.66. The van der Waals surface area contributed by atoms with E-state index < -0.39 is 28.7 Å². The number of rotatable bonds is 5. The molecule has 0 fully saturated rings. The minimum atomic E-state index is -0.875. The fourth-order valence-electron chi connectivity index (χ4n) is 2.34. The van der Waals surface area contributed by atoms with Crippen molar-refractivity contribution in [3.05, 3.63) is 58.3 Å². The van der Waals surface area contributed by atoms with Gasteiger partial charge in [0.2, 0.25) is 5.91 Å². The predicted molar refractivity (Wildman–Crippen MR) is 98.1 cm³/mol. The Morgan fingerprint density at radius 2 is 1.81 bits per heavy atom. The summed E-state index contributed by atoms with van der Waals surface area (Å²) >= 11 is -0.750. The molecule has 0 saturated heterocycles. The van der Waals surface area contributed by atoms with E-state index in [0.29, 0.717) is 5.56 Å². The Morgan fingerprint density at radius 3 is 2.33 bits per heavy atom. The number of hydrogen-bond donors (Lipinski definition) is 2. The number of carbonyl (C=O) groups excluding carboxylic acids is 1. The minimum Gasteiger partial charge on any atom is -0.313 e. The molecule has 0 saturated carbocycles. The normalized spacial score (nSPS) is 10.6. The summed E-state index contributed by atoms with van der Waals surface area (Å²) in [6, 6.07) is 8.52. The number of pyridine rings is 1. The molecule has 0 unspecified atom stereocenters. The predicted octanol–water partition coefficient (Wildman–Crippen LogP) is 2.21. The van der Waals surface area contributed by atoms with Crippen molar-refractivity contribution in [1.29, 1.82) is 0 Å². The number of amides is 1. The van der Waals surface area contributed by atoms with E-state index in [4.69, 9.17) is 13.6 Å². The van der Waals surface area contributed by atoms with E-state index in [1.165, 1.54) is 10.6 Å². The van der Waals surface area contributed by atoms with Crippen LogP contribution >= 0.6 is 0 Å². The van der Waals surface area contributed by atoms with Crippen LogP contribution in [-0.4, -0.2) is 24.1 Å². The number of benzene rings is 1. The third-order valence-corrected chi connectivity index (χ3v) is 4.13. The van der Waals surface area contributed by atoms with Crippen LogP contribution in [0.1, 0.15) is 25.8 Å². The molecule has 1 amide bonds. The lowest BCUT2D eigenvalue weighted by atomic mass is 9.88. The van der Waals surface area contributed by atoms with Gasteiger partial charge < -0.3 is 4.57 Å². The summed E-state index contributed by atoms with van der Waals surface area (Å²) in [6.45, 7) is 5.38. The van der Waals surface area contributed by atoms with Crippen molar-refractivity contribution in [1.82, 2.24) is 10.0 Å². The molecule has 0 radical (unpaired) electrons. The van der Waals surface area contributed by atoms with Crippen molar-refractivity contribution in [2.24, 2.45) is 5.41 Å². The summed E-state index contributed by atoms with van der Waals surface area (Å²) in [5.41, 5.74) is 2.33. The van der Waals surface area contributed by atoms with Crippen LogP contribution in [0.3, 0.4) is 0 Å². The number of nitrogens with one attached hydrogen (secondary N) is 1. The molecule has 0 aliphatic rings. The van der Waals surface area contributed by atoms with E-state index in [9.17, 15) is 14.0 Å². The summed E-state index contributed by atoms with van der Waals surface area (Å²) in [6.07, 6.45) is 1.44. The Bertz CT molecular complexity index is 888. The highest BCUT2D eigenvalue weighted by Gasteiger charge is 2.27. The third-order valence-electron chi connectivity index (χ3n) is 4.13. The highest BCUT2D eigenvalue weighted by atomic mass is 32.1. The van der Waals surface area contributed by atoms with Gasteiger partial charge in [0.1, 0.15) is 5.82 Å². The Morgan fingerprint density at radius 1 is 1.26 bits per heavy atom. The lowest BCUT2D eigenvalue weighted by Crippen LogP contribution is -2.36. The Kier molecular flexibility index (Phi) is 8.20. The highest BCUT2D eigenvalue weighted by Crippen LogP contribution is 2.23. The maximum absolute atomic E-state index is 14.4. The molecule has 0 atom stereocenters. The second-order valence-corrected chi connectivity index (χ2v) is 6.71. The van der Waals surface area contributed by atoms with Crippen LogP contribution in [-0.2, 0) is 22.9 Å². The van der Waals surface area contributed by atoms with Crippen molar-refractivity contribution < 1.29 is 22.8 Å². The Balaban J connectivity index is 0.00000114. The lowest BCUT2D eigenvalue weighted by molar-refractivity contribution is -0.138. The van der Waals surface area contributed by atoms with Crippen molar-refractivity contribution in [2.75, 3.05) is 0 Å². The fraction of sp³-hybridized carbons (Fsp3) is 0.333. The number of hydroxylamine groups is 1. The van der Waals surface area contributed by atoms with Gasteiger partial charge in [0, 0.05) is 29.8 Å². The van der Waals surface area contributed by atoms with Crippen molar-refractivity contribution >= 4 is 17.5 Å². The fourth-order valence-corrected chi connectivity index (χ4v) is 2.34. The lowest BCUT2D eigenvalue weighted by Gasteiger charge is -2.22. The Labute approximate surface area is 159 Å². The van der Waals surface area contributed by atoms with Gasteiger partial charge >= 0.3 is 11.6 Å². The van der Waals surface area contributed by atoms with E-state index in [-0.39, 0.29) is 24.1 Å². The molecule has 2 N–H and O–H groups in total. The van der Waals surface area contributed by atoms with Gasteiger partial charge in [-0.05, 0) is 18.9 Å². The molecular formula is C18H21FN2O5S. The third kappa shape index (κ3) is 6.22. The highest BCUT2D eigenvalue weighted by molar-refractivity contribution is 7.51. The van der Waals surface area contributed by atoms with E-state index >= 15 is 0 Å². The maximum atomic E-state index is 14.4. The zero-order chi connectivity index (χ0) is 20.6. The number of carbonyl (C=O) groups is 1. The number of nitrogens with zero attached hydrogens (tertiary/aromatic N) is 1. The largest absolute Gasteiger partial charge is 0.335 e. The molecule has 27 heavy (non-hydrogen) atoms. The number of aromatic nitrogens is 1. The van der Waals surface area contributed by atoms with Crippen LogP contribution in [0.25, 0.3) is 11.1 Å². The Hall–Kier alpha value is -2.65. The van der Waals surface area contributed by atoms with Gasteiger partial charge in [-0.3, -0.25) is 14.8 Å². The number of hydrogen-bond acceptors (Lipinski definition) is 5. The van der Waals surface area contributed by atoms with Crippen molar-refractivity contribution in [2.45, 2.75) is 33.7 Å². The first-order chi connectivity index (χ1) is 12.7. The van der Waals surface area contributed by atoms with Gasteiger partial charge in [-0.25, -0.2) is 9.87 Å². The molecule has 0 aliphatic heterocycles. The second-order valence-electron chi connectivity index (χ2n) is 6.58. The van der Waals surface area contributed by atoms with Crippen molar-refractivity contribution in [3.8, 4) is 11.1 Å². The minimum absolute atomic E-state index is 0.171. The van der Waals surface area contributed by atoms with E-state index in [2.05, 4.69) is 0 Å². The maximum Gasteiger partial charge on any atom is 0.335 e. The van der Waals surface area contributed by atoms with Crippen molar-refractivity contribution in [3.63, 3.8) is 0 Å². The first kappa shape index (κ1) is 22.4. The summed E-state index contributed by atoms with van der Waals surface area (Å²) < 4.78 is 32.2. The molecule has 146 valence electrons. The molecule has 2 aromatic rings. The van der Waals surface area contributed by atoms with Gasteiger partial charge in [0.15, 0.2) is 0 Å². The molecule has 1 aromatic carbocycles. The molecule has 1 heterocycles. The van der Waals surface area contributed by atoms with Gasteiger partial charge in [-0.2, -0.15) is 8.42 Å². The monoisotopic (exact) mass is 396 g/mol. The SMILES string of the molecule is Cc1ccc(-c2cc(=O)n(CCC(C)(C)C(=O)NO)cc2F)cc1.O=S=O. The average molecular weight is 396 g/mol. The average Bonchev–Trinajstić information content (AvgIpc) is 2.63. The van der Waals surface area contributed by atoms with Gasteiger partial charge in [-0.1, -0.05) is 43.7 Å². The zero-order valence-electron chi connectivity index (χ0n) is 15.2. The molecule has 7 nitrogen and oxygen atoms in total. The summed E-state index contributed by atoms with van der Waals surface area (Å²) in [5, 5.41) is 8.72. The van der Waals surface area contributed by atoms with Crippen LogP contribution in [0.15, 0.2) is 41.3 Å². The quantitative estimate of drug-likeness (QED) is 0.595. The van der Waals surface area contributed by atoms with Gasteiger partial charge in [-0.15, -0.1) is 0 Å². The smallest absolute Gasteiger partial charge is 0.313 e. The molecule has 0 spiro atoms. The zero-order valence-corrected chi connectivity index (χ0v) is 16.0. The first-order valence-electron chi connectivity index (χ1n) is 7.99. The van der Waals surface area contributed by atoms with E-state index in [1.807, 2.05) is 19.1 Å². The molecule has 0 aliphatic carbocycles. The second kappa shape index (κ2) is 9.89. The molecule has 0 bridgehead atoms. The van der Waals surface area contributed by atoms with Crippen LogP contribution in [0, 0.1) is 18.2 Å². The molecule has 1 aromatic heterocycles. The van der Waals surface area contributed by atoms with Gasteiger partial charge in [0.25, 0.3) is 5.56 Å². The standard InChI is InChI=1S/C18H21FN2O3.O2S/c1-12-4-6-13(7-5-12)14-10-16(22)21(11-15(14)19)9-8-18(2,3)17(23)20-24;1-3-2/h4-7,10-11,24H,8-9H2,1-3H3,(H,20,23);. The summed E-state index contributed by atoms with van der Waals surface area (Å²) in [5.74, 6) is -1.05. The molecule has 9 heteroatoms. The van der Waals surface area contributed by atoms with Crippen LogP contribution in [0.4, 0.5) is 4.39 Å². The van der Waals surface area contributed by atoms with E-state index in [1.54, 1.807) is 31.5 Å². The topological polar surface area (TPSA) is 105 Å².